The Morgan fingerprint density at radius 2 is 2.30 bits per heavy atom. The lowest BCUT2D eigenvalue weighted by atomic mass is 10.3. The van der Waals surface area contributed by atoms with Crippen LogP contribution in [0.2, 0.25) is 0 Å². The van der Waals surface area contributed by atoms with E-state index in [0.717, 1.165) is 12.8 Å². The van der Waals surface area contributed by atoms with Crippen molar-refractivity contribution < 1.29 is 9.53 Å². The Kier molecular flexibility index (Phi) is 2.92. The summed E-state index contributed by atoms with van der Waals surface area (Å²) < 4.78 is 6.72. The maximum Gasteiger partial charge on any atom is 0.245 e. The van der Waals surface area contributed by atoms with Gasteiger partial charge in [0.2, 0.25) is 17.7 Å². The van der Waals surface area contributed by atoms with E-state index in [1.807, 2.05) is 0 Å². The number of carbonyl (C=O) groups is 1. The number of carbonyl (C=O) groups excluding carboxylic acids is 1. The van der Waals surface area contributed by atoms with Crippen LogP contribution in [-0.4, -0.2) is 38.6 Å². The number of imidazole rings is 1. The van der Waals surface area contributed by atoms with E-state index in [1.54, 1.807) is 11.5 Å². The van der Waals surface area contributed by atoms with Crippen LogP contribution >= 0.6 is 0 Å². The fourth-order valence-electron chi connectivity index (χ4n) is 2.10. The van der Waals surface area contributed by atoms with Crippen molar-refractivity contribution in [3.63, 3.8) is 0 Å². The number of hydrogen-bond donors (Lipinski definition) is 2. The van der Waals surface area contributed by atoms with Gasteiger partial charge in [-0.25, -0.2) is 9.97 Å². The van der Waals surface area contributed by atoms with Gasteiger partial charge in [0.1, 0.15) is 12.4 Å². The number of hydrogen-bond acceptors (Lipinski definition) is 6. The van der Waals surface area contributed by atoms with Crippen LogP contribution < -0.4 is 15.8 Å². The van der Waals surface area contributed by atoms with Crippen molar-refractivity contribution in [2.75, 3.05) is 12.8 Å². The summed E-state index contributed by atoms with van der Waals surface area (Å²) in [4.78, 5) is 24.5. The molecule has 8 heteroatoms. The molecule has 1 fully saturated rings. The van der Waals surface area contributed by atoms with Crippen LogP contribution in [0, 0.1) is 0 Å². The second-order valence-electron chi connectivity index (χ2n) is 4.85. The van der Waals surface area contributed by atoms with Crippen LogP contribution in [-0.2, 0) is 4.79 Å². The normalized spacial score (nSPS) is 16.1. The molecule has 0 bridgehead atoms. The number of nitrogens with one attached hydrogen (secondary N) is 1. The molecule has 20 heavy (non-hydrogen) atoms. The van der Waals surface area contributed by atoms with Crippen LogP contribution in [0.15, 0.2) is 6.33 Å². The van der Waals surface area contributed by atoms with Crippen molar-refractivity contribution in [1.29, 1.82) is 0 Å². The van der Waals surface area contributed by atoms with E-state index in [1.165, 1.54) is 13.4 Å². The molecule has 1 aliphatic rings. The second-order valence-corrected chi connectivity index (χ2v) is 4.85. The van der Waals surface area contributed by atoms with Crippen LogP contribution in [0.25, 0.3) is 11.2 Å². The number of ether oxygens (including phenoxy) is 1. The molecule has 3 rings (SSSR count). The highest BCUT2D eigenvalue weighted by molar-refractivity contribution is 5.85. The molecule has 8 nitrogen and oxygen atoms in total. The van der Waals surface area contributed by atoms with E-state index in [9.17, 15) is 4.79 Å². The van der Waals surface area contributed by atoms with E-state index in [4.69, 9.17) is 10.5 Å². The van der Waals surface area contributed by atoms with Crippen LogP contribution in [0.5, 0.6) is 5.88 Å². The largest absolute Gasteiger partial charge is 0.479 e. The molecule has 1 aliphatic carbocycles. The summed E-state index contributed by atoms with van der Waals surface area (Å²) in [6.45, 7) is 1.77. The molecule has 0 spiro atoms. The Hall–Kier alpha value is -2.38. The van der Waals surface area contributed by atoms with Gasteiger partial charge in [-0.3, -0.25) is 9.36 Å². The zero-order valence-corrected chi connectivity index (χ0v) is 11.3. The molecule has 1 amide bonds. The first-order valence-electron chi connectivity index (χ1n) is 6.44. The Labute approximate surface area is 115 Å². The van der Waals surface area contributed by atoms with Crippen molar-refractivity contribution in [2.24, 2.45) is 0 Å². The maximum atomic E-state index is 12.2. The molecule has 1 saturated carbocycles. The topological polar surface area (TPSA) is 108 Å². The first-order valence-corrected chi connectivity index (χ1v) is 6.44. The molecular weight excluding hydrogens is 260 g/mol. The summed E-state index contributed by atoms with van der Waals surface area (Å²) >= 11 is 0. The molecule has 1 atom stereocenters. The van der Waals surface area contributed by atoms with Crippen molar-refractivity contribution in [3.8, 4) is 5.88 Å². The molecule has 2 heterocycles. The summed E-state index contributed by atoms with van der Waals surface area (Å²) in [5.74, 6) is 0.476. The van der Waals surface area contributed by atoms with Crippen LogP contribution in [0.3, 0.4) is 0 Å². The summed E-state index contributed by atoms with van der Waals surface area (Å²) in [5, 5.41) is 2.94. The monoisotopic (exact) mass is 276 g/mol. The second kappa shape index (κ2) is 4.62. The summed E-state index contributed by atoms with van der Waals surface area (Å²) in [7, 11) is 1.50. The van der Waals surface area contributed by atoms with Gasteiger partial charge < -0.3 is 15.8 Å². The average Bonchev–Trinajstić information content (AvgIpc) is 3.17. The smallest absolute Gasteiger partial charge is 0.245 e. The highest BCUT2D eigenvalue weighted by atomic mass is 16.5. The van der Waals surface area contributed by atoms with Gasteiger partial charge in [-0.15, -0.1) is 0 Å². The predicted molar refractivity (Wildman–Crippen MR) is 72.2 cm³/mol. The van der Waals surface area contributed by atoms with E-state index in [2.05, 4.69) is 20.3 Å². The first-order chi connectivity index (χ1) is 9.61. The zero-order chi connectivity index (χ0) is 14.3. The first kappa shape index (κ1) is 12.6. The number of amides is 1. The van der Waals surface area contributed by atoms with Gasteiger partial charge in [0, 0.05) is 6.04 Å². The summed E-state index contributed by atoms with van der Waals surface area (Å²) in [6, 6.07) is -0.190. The van der Waals surface area contributed by atoms with Gasteiger partial charge in [0.05, 0.1) is 7.11 Å². The van der Waals surface area contributed by atoms with E-state index in [-0.39, 0.29) is 11.9 Å². The number of nitrogen functional groups attached to an aromatic ring is 1. The zero-order valence-electron chi connectivity index (χ0n) is 11.3. The number of fused-ring (bicyclic) bond motifs is 1. The SMILES string of the molecule is COc1ncnc2c1nc(N)n2C(C)C(=O)NC1CC1. The average molecular weight is 276 g/mol. The highest BCUT2D eigenvalue weighted by Gasteiger charge is 2.28. The molecule has 0 radical (unpaired) electrons. The predicted octanol–water partition coefficient (Wildman–Crippen LogP) is 0.257. The third-order valence-corrected chi connectivity index (χ3v) is 3.35. The molecule has 0 aliphatic heterocycles. The summed E-state index contributed by atoms with van der Waals surface area (Å²) in [6.07, 6.45) is 3.44. The van der Waals surface area contributed by atoms with Crippen molar-refractivity contribution in [2.45, 2.75) is 31.8 Å². The lowest BCUT2D eigenvalue weighted by Crippen LogP contribution is -2.33. The van der Waals surface area contributed by atoms with E-state index >= 15 is 0 Å². The molecule has 0 saturated heterocycles. The summed E-state index contributed by atoms with van der Waals surface area (Å²) in [5.41, 5.74) is 6.86. The minimum absolute atomic E-state index is 0.0870. The Balaban J connectivity index is 2.01. The molecule has 2 aromatic heterocycles. The van der Waals surface area contributed by atoms with Crippen LogP contribution in [0.1, 0.15) is 25.8 Å². The highest BCUT2D eigenvalue weighted by Crippen LogP contribution is 2.27. The van der Waals surface area contributed by atoms with Crippen molar-refractivity contribution in [3.05, 3.63) is 6.33 Å². The van der Waals surface area contributed by atoms with Gasteiger partial charge in [-0.2, -0.15) is 4.98 Å². The maximum absolute atomic E-state index is 12.2. The number of methoxy groups -OCH3 is 1. The fourth-order valence-corrected chi connectivity index (χ4v) is 2.10. The Morgan fingerprint density at radius 3 is 2.95 bits per heavy atom. The third-order valence-electron chi connectivity index (χ3n) is 3.35. The van der Waals surface area contributed by atoms with Gasteiger partial charge in [0.25, 0.3) is 0 Å². The van der Waals surface area contributed by atoms with Crippen molar-refractivity contribution in [1.82, 2.24) is 24.8 Å². The minimum Gasteiger partial charge on any atom is -0.479 e. The molecule has 106 valence electrons. The van der Waals surface area contributed by atoms with Gasteiger partial charge in [-0.1, -0.05) is 0 Å². The Bertz CT molecular complexity index is 663. The number of anilines is 1. The lowest BCUT2D eigenvalue weighted by molar-refractivity contribution is -0.123. The van der Waals surface area contributed by atoms with Gasteiger partial charge in [-0.05, 0) is 19.8 Å². The number of nitrogens with two attached hydrogens (primary N) is 1. The molecule has 0 aromatic carbocycles. The van der Waals surface area contributed by atoms with Gasteiger partial charge >= 0.3 is 0 Å². The molecule has 3 N–H and O–H groups in total. The quantitative estimate of drug-likeness (QED) is 0.829. The third kappa shape index (κ3) is 2.02. The van der Waals surface area contributed by atoms with Gasteiger partial charge in [0.15, 0.2) is 11.2 Å². The van der Waals surface area contributed by atoms with E-state index < -0.39 is 6.04 Å². The Morgan fingerprint density at radius 1 is 1.55 bits per heavy atom. The fraction of sp³-hybridized carbons (Fsp3) is 0.500. The number of nitrogens with zero attached hydrogens (tertiary/aromatic N) is 4. The van der Waals surface area contributed by atoms with E-state index in [0.29, 0.717) is 23.1 Å². The standard InChI is InChI=1S/C12H16N6O2/c1-6(10(19)16-7-3-4-7)18-9-8(17-12(18)13)11(20-2)15-5-14-9/h5-7H,3-4H2,1-2H3,(H2,13,17)(H,16,19). The van der Waals surface area contributed by atoms with Crippen molar-refractivity contribution >= 4 is 23.0 Å². The molecule has 1 unspecified atom stereocenters. The molecule has 2 aromatic rings. The van der Waals surface area contributed by atoms with Crippen LogP contribution in [0.4, 0.5) is 5.95 Å². The number of aromatic nitrogens is 4. The number of rotatable bonds is 4. The minimum atomic E-state index is -0.486. The molecular formula is C12H16N6O2. The lowest BCUT2D eigenvalue weighted by Gasteiger charge is -2.15.